The molecule has 0 unspecified atom stereocenters. The molecule has 102 valence electrons. The first-order valence-electron chi connectivity index (χ1n) is 6.91. The highest BCUT2D eigenvalue weighted by Gasteiger charge is 2.07. The maximum atomic E-state index is 12.0. The molecule has 0 aliphatic rings. The van der Waals surface area contributed by atoms with Crippen molar-refractivity contribution in [1.82, 2.24) is 9.97 Å². The lowest BCUT2D eigenvalue weighted by Crippen LogP contribution is -2.17. The summed E-state index contributed by atoms with van der Waals surface area (Å²) in [5.74, 6) is 1.02. The molecule has 0 aliphatic carbocycles. The van der Waals surface area contributed by atoms with Crippen molar-refractivity contribution in [3.05, 3.63) is 21.6 Å². The summed E-state index contributed by atoms with van der Waals surface area (Å²) in [5, 5.41) is 0.769. The Morgan fingerprint density at radius 2 is 1.89 bits per heavy atom. The lowest BCUT2D eigenvalue weighted by molar-refractivity contribution is 0.701. The first kappa shape index (κ1) is 15.3. The van der Waals surface area contributed by atoms with Gasteiger partial charge in [0.1, 0.15) is 0 Å². The van der Waals surface area contributed by atoms with Gasteiger partial charge in [-0.3, -0.25) is 4.79 Å². The van der Waals surface area contributed by atoms with Crippen LogP contribution in [-0.2, 0) is 6.42 Å². The third kappa shape index (κ3) is 4.84. The van der Waals surface area contributed by atoms with Gasteiger partial charge in [0, 0.05) is 17.0 Å². The molecular weight excluding hydrogens is 244 g/mol. The van der Waals surface area contributed by atoms with Crippen molar-refractivity contribution in [2.45, 2.75) is 64.5 Å². The minimum atomic E-state index is 0.0533. The van der Waals surface area contributed by atoms with Gasteiger partial charge in [-0.25, -0.2) is 4.98 Å². The van der Waals surface area contributed by atoms with E-state index < -0.39 is 0 Å². The van der Waals surface area contributed by atoms with Gasteiger partial charge in [-0.2, -0.15) is 0 Å². The molecule has 0 saturated heterocycles. The predicted octanol–water partition coefficient (Wildman–Crippen LogP) is 3.70. The van der Waals surface area contributed by atoms with Gasteiger partial charge < -0.3 is 4.98 Å². The Morgan fingerprint density at radius 1 is 1.17 bits per heavy atom. The van der Waals surface area contributed by atoms with Gasteiger partial charge >= 0.3 is 0 Å². The Kier molecular flexibility index (Phi) is 7.09. The molecule has 0 radical (unpaired) electrons. The van der Waals surface area contributed by atoms with Crippen LogP contribution in [0.1, 0.15) is 57.2 Å². The molecule has 1 rings (SSSR count). The average Bonchev–Trinajstić information content (AvgIpc) is 2.33. The smallest absolute Gasteiger partial charge is 0.254 e. The van der Waals surface area contributed by atoms with Crippen LogP contribution in [0.5, 0.6) is 0 Å². The van der Waals surface area contributed by atoms with E-state index in [0.717, 1.165) is 41.4 Å². The van der Waals surface area contributed by atoms with Gasteiger partial charge in [-0.15, -0.1) is 0 Å². The summed E-state index contributed by atoms with van der Waals surface area (Å²) in [4.78, 5) is 19.4. The third-order valence-corrected chi connectivity index (χ3v) is 3.93. The van der Waals surface area contributed by atoms with E-state index in [4.69, 9.17) is 0 Å². The van der Waals surface area contributed by atoms with Crippen molar-refractivity contribution in [3.63, 3.8) is 0 Å². The van der Waals surface area contributed by atoms with Crippen LogP contribution in [0.3, 0.4) is 0 Å². The number of hydrogen-bond acceptors (Lipinski definition) is 3. The molecule has 1 aromatic rings. The van der Waals surface area contributed by atoms with Crippen molar-refractivity contribution in [1.29, 1.82) is 0 Å². The highest BCUT2D eigenvalue weighted by atomic mass is 32.2. The second-order valence-corrected chi connectivity index (χ2v) is 5.68. The number of aryl methyl sites for hydroxylation is 1. The largest absolute Gasteiger partial charge is 0.301 e. The first-order chi connectivity index (χ1) is 8.69. The lowest BCUT2D eigenvalue weighted by atomic mass is 10.1. The Labute approximate surface area is 114 Å². The number of nitrogens with one attached hydrogen (secondary N) is 1. The summed E-state index contributed by atoms with van der Waals surface area (Å²) in [6.45, 7) is 6.28. The maximum Gasteiger partial charge on any atom is 0.254 e. The zero-order valence-corrected chi connectivity index (χ0v) is 12.5. The van der Waals surface area contributed by atoms with Crippen LogP contribution in [0.15, 0.2) is 9.95 Å². The van der Waals surface area contributed by atoms with Crippen LogP contribution < -0.4 is 5.56 Å². The van der Waals surface area contributed by atoms with Gasteiger partial charge in [0.05, 0.1) is 0 Å². The second kappa shape index (κ2) is 8.35. The Morgan fingerprint density at radius 3 is 2.50 bits per heavy atom. The van der Waals surface area contributed by atoms with Gasteiger partial charge in [-0.05, 0) is 26.2 Å². The van der Waals surface area contributed by atoms with Crippen LogP contribution in [0.2, 0.25) is 0 Å². The highest BCUT2D eigenvalue weighted by Crippen LogP contribution is 2.15. The average molecular weight is 268 g/mol. The van der Waals surface area contributed by atoms with Crippen molar-refractivity contribution < 1.29 is 0 Å². The molecule has 3 nitrogen and oxygen atoms in total. The van der Waals surface area contributed by atoms with E-state index in [-0.39, 0.29) is 5.56 Å². The van der Waals surface area contributed by atoms with Gasteiger partial charge in [0.25, 0.3) is 5.56 Å². The standard InChI is InChI=1S/C14H24N2OS/c1-4-6-8-9-12-11(3)15-14(16-13(12)17)18-10-7-5-2/h4-10H2,1-3H3,(H,15,16,17). The van der Waals surface area contributed by atoms with E-state index in [1.54, 1.807) is 11.8 Å². The normalized spacial score (nSPS) is 10.8. The molecule has 0 spiro atoms. The van der Waals surface area contributed by atoms with E-state index in [1.165, 1.54) is 19.3 Å². The lowest BCUT2D eigenvalue weighted by Gasteiger charge is -2.06. The van der Waals surface area contributed by atoms with Crippen molar-refractivity contribution in [2.24, 2.45) is 0 Å². The van der Waals surface area contributed by atoms with E-state index in [2.05, 4.69) is 23.8 Å². The molecule has 18 heavy (non-hydrogen) atoms. The number of H-pyrrole nitrogens is 1. The summed E-state index contributed by atoms with van der Waals surface area (Å²) in [5.41, 5.74) is 1.81. The fourth-order valence-electron chi connectivity index (χ4n) is 1.81. The first-order valence-corrected chi connectivity index (χ1v) is 7.90. The Bertz CT molecular complexity index is 415. The molecule has 0 atom stereocenters. The monoisotopic (exact) mass is 268 g/mol. The molecule has 1 N–H and O–H groups in total. The second-order valence-electron chi connectivity index (χ2n) is 4.59. The van der Waals surface area contributed by atoms with Gasteiger partial charge in [0.2, 0.25) is 0 Å². The molecule has 0 bridgehead atoms. The molecule has 0 saturated carbocycles. The summed E-state index contributed by atoms with van der Waals surface area (Å²) >= 11 is 1.64. The van der Waals surface area contributed by atoms with Gasteiger partial charge in [-0.1, -0.05) is 44.9 Å². The van der Waals surface area contributed by atoms with Crippen molar-refractivity contribution in [2.75, 3.05) is 5.75 Å². The van der Waals surface area contributed by atoms with Crippen molar-refractivity contribution >= 4 is 11.8 Å². The SMILES string of the molecule is CCCCCc1c(C)nc(SCCCC)[nH]c1=O. The summed E-state index contributed by atoms with van der Waals surface area (Å²) in [6, 6.07) is 0. The minimum Gasteiger partial charge on any atom is -0.301 e. The number of unbranched alkanes of at least 4 members (excludes halogenated alkanes) is 3. The van der Waals surface area contributed by atoms with Crippen LogP contribution in [-0.4, -0.2) is 15.7 Å². The van der Waals surface area contributed by atoms with Crippen LogP contribution in [0.25, 0.3) is 0 Å². The fraction of sp³-hybridized carbons (Fsp3) is 0.714. The molecule has 0 amide bonds. The summed E-state index contributed by atoms with van der Waals surface area (Å²) < 4.78 is 0. The zero-order valence-electron chi connectivity index (χ0n) is 11.7. The maximum absolute atomic E-state index is 12.0. The summed E-state index contributed by atoms with van der Waals surface area (Å²) in [7, 11) is 0. The molecule has 4 heteroatoms. The highest BCUT2D eigenvalue weighted by molar-refractivity contribution is 7.99. The van der Waals surface area contributed by atoms with Gasteiger partial charge in [0.15, 0.2) is 5.16 Å². The molecular formula is C14H24N2OS. The minimum absolute atomic E-state index is 0.0533. The number of hydrogen-bond donors (Lipinski definition) is 1. The number of aromatic nitrogens is 2. The number of thioether (sulfide) groups is 1. The molecule has 0 aromatic carbocycles. The topological polar surface area (TPSA) is 45.8 Å². The fourth-order valence-corrected chi connectivity index (χ4v) is 2.81. The molecule has 1 heterocycles. The van der Waals surface area contributed by atoms with E-state index in [1.807, 2.05) is 6.92 Å². The Hall–Kier alpha value is -0.770. The van der Waals surface area contributed by atoms with E-state index >= 15 is 0 Å². The Balaban J connectivity index is 2.68. The van der Waals surface area contributed by atoms with E-state index in [9.17, 15) is 4.79 Å². The number of aromatic amines is 1. The third-order valence-electron chi connectivity index (χ3n) is 2.97. The predicted molar refractivity (Wildman–Crippen MR) is 78.5 cm³/mol. The van der Waals surface area contributed by atoms with Crippen molar-refractivity contribution in [3.8, 4) is 0 Å². The molecule has 0 fully saturated rings. The molecule has 0 aliphatic heterocycles. The van der Waals surface area contributed by atoms with E-state index in [0.29, 0.717) is 0 Å². The quantitative estimate of drug-likeness (QED) is 0.444. The number of rotatable bonds is 8. The number of nitrogens with zero attached hydrogens (tertiary/aromatic N) is 1. The van der Waals surface area contributed by atoms with Crippen LogP contribution in [0.4, 0.5) is 0 Å². The van der Waals surface area contributed by atoms with Crippen LogP contribution in [0, 0.1) is 6.92 Å². The summed E-state index contributed by atoms with van der Waals surface area (Å²) in [6.07, 6.45) is 6.60. The zero-order chi connectivity index (χ0) is 13.4. The van der Waals surface area contributed by atoms with Crippen LogP contribution >= 0.6 is 11.8 Å². The molecule has 1 aromatic heterocycles.